The Balaban J connectivity index is 1.32. The summed E-state index contributed by atoms with van der Waals surface area (Å²) in [5.74, 6) is 1.67. The van der Waals surface area contributed by atoms with Crippen LogP contribution in [0.1, 0.15) is 23.6 Å². The van der Waals surface area contributed by atoms with E-state index in [4.69, 9.17) is 19.6 Å². The average molecular weight is 518 g/mol. The summed E-state index contributed by atoms with van der Waals surface area (Å²) >= 11 is 1.61. The fourth-order valence-electron chi connectivity index (χ4n) is 4.70. The van der Waals surface area contributed by atoms with Gasteiger partial charge in [-0.05, 0) is 58.7 Å². The predicted octanol–water partition coefficient (Wildman–Crippen LogP) is 7.85. The Kier molecular flexibility index (Phi) is 6.63. The van der Waals surface area contributed by atoms with Crippen LogP contribution in [0.15, 0.2) is 114 Å². The molecule has 0 aliphatic carbocycles. The maximum Gasteiger partial charge on any atom is 0.207 e. The molecule has 0 spiro atoms. The zero-order valence-corrected chi connectivity index (χ0v) is 22.1. The first-order chi connectivity index (χ1) is 18.7. The number of rotatable bonds is 7. The van der Waals surface area contributed by atoms with Crippen LogP contribution < -0.4 is 14.5 Å². The van der Waals surface area contributed by atoms with Crippen LogP contribution >= 0.6 is 11.3 Å². The van der Waals surface area contributed by atoms with Crippen LogP contribution in [0.5, 0.6) is 11.5 Å². The quantitative estimate of drug-likeness (QED) is 0.221. The van der Waals surface area contributed by atoms with Gasteiger partial charge in [-0.15, -0.1) is 11.3 Å². The Bertz CT molecular complexity index is 1540. The van der Waals surface area contributed by atoms with Crippen LogP contribution in [-0.4, -0.2) is 24.9 Å². The lowest BCUT2D eigenvalue weighted by Crippen LogP contribution is -2.18. The van der Waals surface area contributed by atoms with E-state index in [-0.39, 0.29) is 6.04 Å². The molecule has 188 valence electrons. The first-order valence-corrected chi connectivity index (χ1v) is 13.4. The van der Waals surface area contributed by atoms with Gasteiger partial charge < -0.3 is 9.47 Å². The van der Waals surface area contributed by atoms with E-state index in [1.807, 2.05) is 30.3 Å². The second kappa shape index (κ2) is 10.5. The third kappa shape index (κ3) is 4.78. The van der Waals surface area contributed by atoms with Crippen molar-refractivity contribution in [3.05, 3.63) is 120 Å². The molecular formula is C32H27N3O2S. The van der Waals surface area contributed by atoms with Crippen LogP contribution in [0.25, 0.3) is 22.4 Å². The average Bonchev–Trinajstić information content (AvgIpc) is 3.66. The topological polar surface area (TPSA) is 47.0 Å². The Morgan fingerprint density at radius 1 is 0.684 bits per heavy atom. The minimum atomic E-state index is 0.0393. The highest BCUT2D eigenvalue weighted by molar-refractivity contribution is 7.14. The molecule has 0 saturated carbocycles. The monoisotopic (exact) mass is 517 g/mol. The van der Waals surface area contributed by atoms with Gasteiger partial charge in [0.1, 0.15) is 11.5 Å². The van der Waals surface area contributed by atoms with Crippen molar-refractivity contribution in [2.45, 2.75) is 12.5 Å². The lowest BCUT2D eigenvalue weighted by molar-refractivity contribution is 0.414. The molecule has 6 heteroatoms. The highest BCUT2D eigenvalue weighted by atomic mass is 32.1. The van der Waals surface area contributed by atoms with Crippen molar-refractivity contribution in [1.82, 2.24) is 4.98 Å². The second-order valence-electron chi connectivity index (χ2n) is 9.07. The van der Waals surface area contributed by atoms with Crippen LogP contribution in [0.3, 0.4) is 0 Å². The van der Waals surface area contributed by atoms with Gasteiger partial charge in [0.15, 0.2) is 0 Å². The first kappa shape index (κ1) is 23.9. The van der Waals surface area contributed by atoms with Crippen LogP contribution in [-0.2, 0) is 0 Å². The third-order valence-electron chi connectivity index (χ3n) is 6.81. The molecule has 6 rings (SSSR count). The lowest BCUT2D eigenvalue weighted by Gasteiger charge is -2.21. The molecule has 0 saturated heterocycles. The largest absolute Gasteiger partial charge is 0.497 e. The van der Waals surface area contributed by atoms with Crippen molar-refractivity contribution in [2.24, 2.45) is 5.10 Å². The molecule has 38 heavy (non-hydrogen) atoms. The van der Waals surface area contributed by atoms with Crippen LogP contribution in [0.2, 0.25) is 0 Å². The normalized spacial score (nSPS) is 14.8. The lowest BCUT2D eigenvalue weighted by atomic mass is 9.98. The molecule has 0 fully saturated rings. The number of hydrogen-bond acceptors (Lipinski definition) is 6. The fourth-order valence-corrected chi connectivity index (χ4v) is 5.53. The van der Waals surface area contributed by atoms with E-state index >= 15 is 0 Å². The maximum absolute atomic E-state index is 5.38. The van der Waals surface area contributed by atoms with Crippen molar-refractivity contribution >= 4 is 22.2 Å². The summed E-state index contributed by atoms with van der Waals surface area (Å²) in [6.07, 6.45) is 0.777. The number of thiazole rings is 1. The summed E-state index contributed by atoms with van der Waals surface area (Å²) in [7, 11) is 3.37. The highest BCUT2D eigenvalue weighted by Crippen LogP contribution is 2.40. The summed E-state index contributed by atoms with van der Waals surface area (Å²) in [5, 5.41) is 10.1. The number of aromatic nitrogens is 1. The minimum absolute atomic E-state index is 0.0393. The molecule has 0 amide bonds. The van der Waals surface area contributed by atoms with Crippen molar-refractivity contribution in [3.63, 3.8) is 0 Å². The van der Waals surface area contributed by atoms with E-state index in [9.17, 15) is 0 Å². The van der Waals surface area contributed by atoms with Crippen LogP contribution in [0, 0.1) is 0 Å². The molecule has 1 atom stereocenters. The molecule has 5 nitrogen and oxygen atoms in total. The SMILES string of the molecule is COc1ccc(C2=NN(c3nc(-c4ccc(-c5ccccc5)cc4)cs3)C(c3ccc(OC)cc3)C2)cc1. The molecule has 0 bridgehead atoms. The van der Waals surface area contributed by atoms with E-state index in [0.29, 0.717) is 0 Å². The van der Waals surface area contributed by atoms with Gasteiger partial charge in [0, 0.05) is 17.4 Å². The summed E-state index contributed by atoms with van der Waals surface area (Å²) in [4.78, 5) is 5.02. The van der Waals surface area contributed by atoms with Gasteiger partial charge in [-0.3, -0.25) is 0 Å². The van der Waals surface area contributed by atoms with Gasteiger partial charge in [0.25, 0.3) is 0 Å². The number of hydrazone groups is 1. The highest BCUT2D eigenvalue weighted by Gasteiger charge is 2.32. The number of hydrogen-bond donors (Lipinski definition) is 0. The first-order valence-electron chi connectivity index (χ1n) is 12.5. The van der Waals surface area contributed by atoms with Gasteiger partial charge in [-0.1, -0.05) is 66.7 Å². The van der Waals surface area contributed by atoms with Crippen LogP contribution in [0.4, 0.5) is 5.13 Å². The summed E-state index contributed by atoms with van der Waals surface area (Å²) in [5.41, 5.74) is 7.72. The molecule has 5 aromatic rings. The van der Waals surface area contributed by atoms with Crippen molar-refractivity contribution in [2.75, 3.05) is 19.2 Å². The van der Waals surface area contributed by atoms with Crippen molar-refractivity contribution in [3.8, 4) is 33.9 Å². The Morgan fingerprint density at radius 3 is 1.92 bits per heavy atom. The number of methoxy groups -OCH3 is 2. The zero-order chi connectivity index (χ0) is 25.9. The van der Waals surface area contributed by atoms with E-state index in [1.54, 1.807) is 25.6 Å². The van der Waals surface area contributed by atoms with E-state index in [1.165, 1.54) is 16.7 Å². The number of ether oxygens (including phenoxy) is 2. The van der Waals surface area contributed by atoms with Crippen molar-refractivity contribution < 1.29 is 9.47 Å². The summed E-state index contributed by atoms with van der Waals surface area (Å²) in [6.45, 7) is 0. The molecular weight excluding hydrogens is 490 g/mol. The number of anilines is 1. The molecule has 1 aliphatic heterocycles. The molecule has 1 aromatic heterocycles. The predicted molar refractivity (Wildman–Crippen MR) is 155 cm³/mol. The van der Waals surface area contributed by atoms with Gasteiger partial charge >= 0.3 is 0 Å². The van der Waals surface area contributed by atoms with E-state index in [0.717, 1.165) is 45.6 Å². The van der Waals surface area contributed by atoms with Gasteiger partial charge in [-0.2, -0.15) is 5.10 Å². The Hall–Kier alpha value is -4.42. The molecule has 0 radical (unpaired) electrons. The zero-order valence-electron chi connectivity index (χ0n) is 21.2. The van der Waals surface area contributed by atoms with E-state index < -0.39 is 0 Å². The standard InChI is InChI=1S/C32H27N3O2S/c1-36-27-16-12-24(13-17-27)29-20-31(26-14-18-28(37-2)19-15-26)35(34-29)32-33-30(21-38-32)25-10-8-23(9-11-25)22-6-4-3-5-7-22/h3-19,21,31H,20H2,1-2H3. The van der Waals surface area contributed by atoms with Crippen molar-refractivity contribution in [1.29, 1.82) is 0 Å². The molecule has 1 aliphatic rings. The van der Waals surface area contributed by atoms with Gasteiger partial charge in [0.05, 0.1) is 31.7 Å². The van der Waals surface area contributed by atoms with E-state index in [2.05, 4.69) is 83.2 Å². The summed E-state index contributed by atoms with van der Waals surface area (Å²) in [6, 6.07) is 35.3. The smallest absolute Gasteiger partial charge is 0.207 e. The third-order valence-corrected chi connectivity index (χ3v) is 7.64. The van der Waals surface area contributed by atoms with Gasteiger partial charge in [-0.25, -0.2) is 9.99 Å². The maximum atomic E-state index is 5.38. The number of nitrogens with zero attached hydrogens (tertiary/aromatic N) is 3. The molecule has 1 unspecified atom stereocenters. The second-order valence-corrected chi connectivity index (χ2v) is 9.91. The molecule has 2 heterocycles. The van der Waals surface area contributed by atoms with Gasteiger partial charge in [0.2, 0.25) is 5.13 Å². The molecule has 4 aromatic carbocycles. The number of benzene rings is 4. The Morgan fingerprint density at radius 2 is 1.26 bits per heavy atom. The summed E-state index contributed by atoms with van der Waals surface area (Å²) < 4.78 is 10.7. The Labute approximate surface area is 226 Å². The minimum Gasteiger partial charge on any atom is -0.497 e. The fraction of sp³-hybridized carbons (Fsp3) is 0.125. The molecule has 0 N–H and O–H groups in total.